The van der Waals surface area contributed by atoms with E-state index in [4.69, 9.17) is 5.26 Å². The number of hydrogen-bond donors (Lipinski definition) is 1. The normalized spacial score (nSPS) is 10.2. The molecule has 1 aromatic heterocycles. The number of Topliss-reactive ketones (excluding diaryl/α,β-unsaturated/α-hetero) is 1. The quantitative estimate of drug-likeness (QED) is 0.787. The highest BCUT2D eigenvalue weighted by atomic mass is 16.1. The van der Waals surface area contributed by atoms with E-state index in [9.17, 15) is 9.59 Å². The van der Waals surface area contributed by atoms with Gasteiger partial charge in [-0.25, -0.2) is 0 Å². The Balaban J connectivity index is 3.40. The summed E-state index contributed by atoms with van der Waals surface area (Å²) in [6.07, 6.45) is 3.34. The molecule has 0 bridgehead atoms. The first kappa shape index (κ1) is 12.7. The minimum atomic E-state index is -0.490. The molecule has 0 unspecified atom stereocenters. The predicted octanol–water partition coefficient (Wildman–Crippen LogP) is 0.981. The molecular formula is C12H13N3O2. The van der Waals surface area contributed by atoms with Crippen molar-refractivity contribution in [2.45, 2.75) is 6.92 Å². The van der Waals surface area contributed by atoms with Gasteiger partial charge >= 0.3 is 0 Å². The fourth-order valence-electron chi connectivity index (χ4n) is 1.27. The van der Waals surface area contributed by atoms with Crippen LogP contribution in [-0.2, 0) is 0 Å². The van der Waals surface area contributed by atoms with E-state index in [0.717, 1.165) is 0 Å². The van der Waals surface area contributed by atoms with E-state index in [1.807, 2.05) is 14.1 Å². The fourth-order valence-corrected chi connectivity index (χ4v) is 1.27. The fraction of sp³-hybridized carbons (Fsp3) is 0.250. The molecule has 0 spiro atoms. The third-order valence-corrected chi connectivity index (χ3v) is 2.11. The van der Waals surface area contributed by atoms with E-state index in [1.165, 1.54) is 13.0 Å². The summed E-state index contributed by atoms with van der Waals surface area (Å²) < 4.78 is 0. The first-order valence-electron chi connectivity index (χ1n) is 4.98. The second-order valence-electron chi connectivity index (χ2n) is 3.79. The molecule has 1 heterocycles. The highest BCUT2D eigenvalue weighted by Gasteiger charge is 2.10. The molecule has 17 heavy (non-hydrogen) atoms. The number of ketones is 1. The van der Waals surface area contributed by atoms with Crippen molar-refractivity contribution in [2.24, 2.45) is 0 Å². The lowest BCUT2D eigenvalue weighted by Gasteiger charge is -2.06. The van der Waals surface area contributed by atoms with E-state index >= 15 is 0 Å². The summed E-state index contributed by atoms with van der Waals surface area (Å²) in [6, 6.07) is 3.07. The van der Waals surface area contributed by atoms with Gasteiger partial charge in [-0.15, -0.1) is 0 Å². The summed E-state index contributed by atoms with van der Waals surface area (Å²) in [5.74, 6) is -0.198. The van der Waals surface area contributed by atoms with Crippen LogP contribution in [0.1, 0.15) is 28.5 Å². The molecule has 0 aromatic carbocycles. The Labute approximate surface area is 99.0 Å². The SMILES string of the molecule is CC(=O)c1cc(C#N)c(=O)[nH]c1/C=C/N(C)C. The average molecular weight is 231 g/mol. The van der Waals surface area contributed by atoms with Gasteiger partial charge in [-0.1, -0.05) is 0 Å². The standard InChI is InChI=1S/C12H13N3O2/c1-8(16)10-6-9(7-13)12(17)14-11(10)4-5-15(2)3/h4-6H,1-3H3,(H,14,17)/b5-4+. The highest BCUT2D eigenvalue weighted by molar-refractivity contribution is 5.97. The predicted molar refractivity (Wildman–Crippen MR) is 64.5 cm³/mol. The van der Waals surface area contributed by atoms with Gasteiger partial charge in [0.2, 0.25) is 0 Å². The lowest BCUT2D eigenvalue weighted by molar-refractivity contribution is 0.101. The van der Waals surface area contributed by atoms with Gasteiger partial charge < -0.3 is 9.88 Å². The van der Waals surface area contributed by atoms with Crippen molar-refractivity contribution in [3.8, 4) is 6.07 Å². The van der Waals surface area contributed by atoms with Crippen LogP contribution in [0.2, 0.25) is 0 Å². The van der Waals surface area contributed by atoms with E-state index in [-0.39, 0.29) is 11.3 Å². The molecule has 0 radical (unpaired) electrons. The molecule has 0 aliphatic carbocycles. The molecular weight excluding hydrogens is 218 g/mol. The number of nitriles is 1. The lowest BCUT2D eigenvalue weighted by Crippen LogP contribution is -2.15. The van der Waals surface area contributed by atoms with Crippen LogP contribution in [0.4, 0.5) is 0 Å². The number of pyridine rings is 1. The molecule has 0 amide bonds. The first-order chi connectivity index (χ1) is 7.95. The van der Waals surface area contributed by atoms with Crippen LogP contribution in [0.5, 0.6) is 0 Å². The van der Waals surface area contributed by atoms with Crippen LogP contribution < -0.4 is 5.56 Å². The summed E-state index contributed by atoms with van der Waals surface area (Å²) in [5, 5.41) is 8.73. The van der Waals surface area contributed by atoms with Crippen LogP contribution in [0.25, 0.3) is 6.08 Å². The monoisotopic (exact) mass is 231 g/mol. The van der Waals surface area contributed by atoms with Crippen molar-refractivity contribution in [1.82, 2.24) is 9.88 Å². The Hall–Kier alpha value is -2.35. The van der Waals surface area contributed by atoms with Crippen molar-refractivity contribution < 1.29 is 4.79 Å². The zero-order valence-electron chi connectivity index (χ0n) is 9.94. The van der Waals surface area contributed by atoms with Crippen LogP contribution >= 0.6 is 0 Å². The van der Waals surface area contributed by atoms with Crippen LogP contribution in [0.3, 0.4) is 0 Å². The smallest absolute Gasteiger partial charge is 0.266 e. The van der Waals surface area contributed by atoms with Crippen LogP contribution in [0, 0.1) is 11.3 Å². The molecule has 5 nitrogen and oxygen atoms in total. The molecule has 0 saturated heterocycles. The van der Waals surface area contributed by atoms with E-state index in [1.54, 1.807) is 23.2 Å². The average Bonchev–Trinajstić information content (AvgIpc) is 2.25. The molecule has 0 aliphatic rings. The molecule has 0 atom stereocenters. The third kappa shape index (κ3) is 3.05. The van der Waals surface area contributed by atoms with Gasteiger partial charge in [0, 0.05) is 25.9 Å². The molecule has 88 valence electrons. The van der Waals surface area contributed by atoms with Gasteiger partial charge in [-0.05, 0) is 19.1 Å². The van der Waals surface area contributed by atoms with Crippen molar-refractivity contribution in [2.75, 3.05) is 14.1 Å². The van der Waals surface area contributed by atoms with E-state index in [0.29, 0.717) is 11.3 Å². The Morgan fingerprint density at radius 3 is 2.65 bits per heavy atom. The number of H-pyrrole nitrogens is 1. The summed E-state index contributed by atoms with van der Waals surface area (Å²) in [5.41, 5.74) is 0.197. The summed E-state index contributed by atoms with van der Waals surface area (Å²) in [4.78, 5) is 27.2. The molecule has 5 heteroatoms. The molecule has 1 N–H and O–H groups in total. The molecule has 0 aliphatic heterocycles. The lowest BCUT2D eigenvalue weighted by atomic mass is 10.1. The van der Waals surface area contributed by atoms with Gasteiger partial charge in [0.05, 0.1) is 5.69 Å². The number of carbonyl (C=O) groups excluding carboxylic acids is 1. The molecule has 0 saturated carbocycles. The van der Waals surface area contributed by atoms with Gasteiger partial charge in [-0.3, -0.25) is 9.59 Å². The second kappa shape index (κ2) is 5.12. The molecule has 1 rings (SSSR count). The molecule has 1 aromatic rings. The van der Waals surface area contributed by atoms with E-state index < -0.39 is 5.56 Å². The topological polar surface area (TPSA) is 77.0 Å². The summed E-state index contributed by atoms with van der Waals surface area (Å²) in [6.45, 7) is 1.39. The number of carbonyl (C=O) groups is 1. The second-order valence-corrected chi connectivity index (χ2v) is 3.79. The van der Waals surface area contributed by atoms with Gasteiger partial charge in [0.25, 0.3) is 5.56 Å². The summed E-state index contributed by atoms with van der Waals surface area (Å²) in [7, 11) is 3.65. The Morgan fingerprint density at radius 1 is 1.53 bits per heavy atom. The number of nitrogens with one attached hydrogen (secondary N) is 1. The van der Waals surface area contributed by atoms with Crippen LogP contribution in [0.15, 0.2) is 17.1 Å². The Morgan fingerprint density at radius 2 is 2.18 bits per heavy atom. The molecule has 0 fully saturated rings. The number of nitrogens with zero attached hydrogens (tertiary/aromatic N) is 2. The Bertz CT molecular complexity index is 562. The number of rotatable bonds is 3. The minimum Gasteiger partial charge on any atom is -0.383 e. The van der Waals surface area contributed by atoms with Gasteiger partial charge in [0.1, 0.15) is 11.6 Å². The number of aromatic nitrogens is 1. The van der Waals surface area contributed by atoms with Crippen LogP contribution in [-0.4, -0.2) is 29.8 Å². The maximum Gasteiger partial charge on any atom is 0.266 e. The van der Waals surface area contributed by atoms with Crippen molar-refractivity contribution in [3.63, 3.8) is 0 Å². The van der Waals surface area contributed by atoms with E-state index in [2.05, 4.69) is 4.98 Å². The van der Waals surface area contributed by atoms with Gasteiger partial charge in [0.15, 0.2) is 5.78 Å². The number of hydrogen-bond acceptors (Lipinski definition) is 4. The largest absolute Gasteiger partial charge is 0.383 e. The van der Waals surface area contributed by atoms with Crippen molar-refractivity contribution in [3.05, 3.63) is 39.4 Å². The highest BCUT2D eigenvalue weighted by Crippen LogP contribution is 2.09. The minimum absolute atomic E-state index is 0.0581. The number of aromatic amines is 1. The Kier molecular flexibility index (Phi) is 3.83. The zero-order valence-corrected chi connectivity index (χ0v) is 9.94. The third-order valence-electron chi connectivity index (χ3n) is 2.11. The van der Waals surface area contributed by atoms with Crippen molar-refractivity contribution in [1.29, 1.82) is 5.26 Å². The maximum absolute atomic E-state index is 11.5. The van der Waals surface area contributed by atoms with Crippen molar-refractivity contribution >= 4 is 11.9 Å². The maximum atomic E-state index is 11.5. The summed E-state index contributed by atoms with van der Waals surface area (Å²) >= 11 is 0. The first-order valence-corrected chi connectivity index (χ1v) is 4.98. The van der Waals surface area contributed by atoms with Gasteiger partial charge in [-0.2, -0.15) is 5.26 Å². The zero-order chi connectivity index (χ0) is 13.0.